The van der Waals surface area contributed by atoms with E-state index >= 15 is 0 Å². The molecule has 0 atom stereocenters. The minimum Gasteiger partial charge on any atom is -0.493 e. The molecule has 0 aromatic heterocycles. The molecule has 4 rings (SSSR count). The fourth-order valence-electron chi connectivity index (χ4n) is 4.24. The predicted octanol–water partition coefficient (Wildman–Crippen LogP) is 6.35. The number of anilines is 1. The maximum absolute atomic E-state index is 13.1. The summed E-state index contributed by atoms with van der Waals surface area (Å²) in [4.78, 5) is 15.3. The number of carbonyl (C=O) groups is 1. The van der Waals surface area contributed by atoms with Crippen LogP contribution in [0.2, 0.25) is 0 Å². The summed E-state index contributed by atoms with van der Waals surface area (Å²) >= 11 is 0. The zero-order chi connectivity index (χ0) is 23.9. The van der Waals surface area contributed by atoms with Gasteiger partial charge in [-0.15, -0.1) is 0 Å². The van der Waals surface area contributed by atoms with Crippen molar-refractivity contribution in [2.75, 3.05) is 32.6 Å². The lowest BCUT2D eigenvalue weighted by atomic mass is 9.97. The molecule has 1 aliphatic carbocycles. The van der Waals surface area contributed by atoms with Gasteiger partial charge < -0.3 is 15.0 Å². The zero-order valence-electron chi connectivity index (χ0n) is 20.4. The van der Waals surface area contributed by atoms with Gasteiger partial charge in [0, 0.05) is 23.9 Å². The van der Waals surface area contributed by atoms with Gasteiger partial charge >= 0.3 is 0 Å². The second-order valence-electron chi connectivity index (χ2n) is 9.29. The first-order valence-corrected chi connectivity index (χ1v) is 12.1. The number of benzene rings is 3. The Morgan fingerprint density at radius 2 is 1.76 bits per heavy atom. The molecule has 0 saturated heterocycles. The van der Waals surface area contributed by atoms with E-state index < -0.39 is 0 Å². The van der Waals surface area contributed by atoms with E-state index in [0.29, 0.717) is 6.61 Å². The molecule has 34 heavy (non-hydrogen) atoms. The maximum atomic E-state index is 13.1. The molecule has 4 nitrogen and oxygen atoms in total. The van der Waals surface area contributed by atoms with Crippen molar-refractivity contribution >= 4 is 17.7 Å². The van der Waals surface area contributed by atoms with E-state index in [-0.39, 0.29) is 5.91 Å². The number of ether oxygens (including phenoxy) is 1. The van der Waals surface area contributed by atoms with Gasteiger partial charge in [0.1, 0.15) is 5.75 Å². The standard InChI is InChI=1S/C30H34N2O2/c1-22-11-13-24(14-12-22)25-16-15-23-7-4-8-26(20-27(23)19-25)30(33)31-28-9-5-10-29(21-28)34-18-6-17-32(2)3/h5,9-16,19-21H,4,6-8,17-18H2,1-3H3,(H,31,33). The van der Waals surface area contributed by atoms with Crippen molar-refractivity contribution in [1.29, 1.82) is 0 Å². The highest BCUT2D eigenvalue weighted by atomic mass is 16.5. The molecule has 3 aromatic carbocycles. The van der Waals surface area contributed by atoms with Crippen molar-refractivity contribution in [3.05, 3.63) is 89.0 Å². The van der Waals surface area contributed by atoms with Crippen LogP contribution in [-0.4, -0.2) is 38.1 Å². The number of fused-ring (bicyclic) bond motifs is 1. The lowest BCUT2D eigenvalue weighted by Crippen LogP contribution is -2.16. The first kappa shape index (κ1) is 23.8. The van der Waals surface area contributed by atoms with E-state index in [4.69, 9.17) is 4.74 Å². The van der Waals surface area contributed by atoms with Crippen molar-refractivity contribution in [2.45, 2.75) is 32.6 Å². The minimum absolute atomic E-state index is 0.0432. The maximum Gasteiger partial charge on any atom is 0.251 e. The van der Waals surface area contributed by atoms with Gasteiger partial charge in [-0.3, -0.25) is 4.79 Å². The third kappa shape index (κ3) is 6.36. The van der Waals surface area contributed by atoms with E-state index in [0.717, 1.165) is 54.8 Å². The Hall–Kier alpha value is -3.37. The van der Waals surface area contributed by atoms with Crippen LogP contribution in [-0.2, 0) is 11.2 Å². The van der Waals surface area contributed by atoms with Crippen molar-refractivity contribution in [3.63, 3.8) is 0 Å². The van der Waals surface area contributed by atoms with Gasteiger partial charge in [0.25, 0.3) is 5.91 Å². The number of hydrogen-bond acceptors (Lipinski definition) is 3. The van der Waals surface area contributed by atoms with Crippen LogP contribution in [0.4, 0.5) is 5.69 Å². The largest absolute Gasteiger partial charge is 0.493 e. The van der Waals surface area contributed by atoms with Crippen molar-refractivity contribution in [3.8, 4) is 16.9 Å². The Balaban J connectivity index is 1.47. The molecule has 0 spiro atoms. The molecule has 0 radical (unpaired) electrons. The Morgan fingerprint density at radius 1 is 0.971 bits per heavy atom. The molecule has 0 unspecified atom stereocenters. The zero-order valence-corrected chi connectivity index (χ0v) is 20.4. The van der Waals surface area contributed by atoms with Crippen LogP contribution < -0.4 is 10.1 Å². The van der Waals surface area contributed by atoms with Gasteiger partial charge in [-0.1, -0.05) is 48.0 Å². The molecule has 4 heteroatoms. The summed E-state index contributed by atoms with van der Waals surface area (Å²) in [5, 5.41) is 3.08. The summed E-state index contributed by atoms with van der Waals surface area (Å²) in [5.74, 6) is 0.734. The average molecular weight is 455 g/mol. The molecular weight excluding hydrogens is 420 g/mol. The molecule has 176 valence electrons. The summed E-state index contributed by atoms with van der Waals surface area (Å²) in [7, 11) is 4.11. The first-order chi connectivity index (χ1) is 16.5. The summed E-state index contributed by atoms with van der Waals surface area (Å²) in [6.45, 7) is 3.74. The number of nitrogens with zero attached hydrogens (tertiary/aromatic N) is 1. The summed E-state index contributed by atoms with van der Waals surface area (Å²) < 4.78 is 5.86. The van der Waals surface area contributed by atoms with Crippen LogP contribution in [0.15, 0.2) is 72.3 Å². The Bertz CT molecular complexity index is 1160. The number of hydrogen-bond donors (Lipinski definition) is 1. The Morgan fingerprint density at radius 3 is 2.56 bits per heavy atom. The van der Waals surface area contributed by atoms with Crippen LogP contribution in [0.5, 0.6) is 5.75 Å². The molecular formula is C30H34N2O2. The SMILES string of the molecule is Cc1ccc(-c2ccc3c(c2)C=C(C(=O)Nc2cccc(OCCCN(C)C)c2)CCC3)cc1. The number of rotatable bonds is 8. The van der Waals surface area contributed by atoms with E-state index in [9.17, 15) is 4.79 Å². The van der Waals surface area contributed by atoms with Gasteiger partial charge in [-0.2, -0.15) is 0 Å². The highest BCUT2D eigenvalue weighted by molar-refractivity contribution is 6.07. The quantitative estimate of drug-likeness (QED) is 0.403. The van der Waals surface area contributed by atoms with Crippen LogP contribution in [0.25, 0.3) is 17.2 Å². The summed E-state index contributed by atoms with van der Waals surface area (Å²) in [5.41, 5.74) is 7.63. The second-order valence-corrected chi connectivity index (χ2v) is 9.29. The van der Waals surface area contributed by atoms with Crippen LogP contribution in [0.3, 0.4) is 0 Å². The third-order valence-electron chi connectivity index (χ3n) is 6.15. The van der Waals surface area contributed by atoms with Crippen molar-refractivity contribution < 1.29 is 9.53 Å². The molecule has 1 amide bonds. The van der Waals surface area contributed by atoms with E-state index in [1.165, 1.54) is 22.3 Å². The van der Waals surface area contributed by atoms with Gasteiger partial charge in [-0.25, -0.2) is 0 Å². The van der Waals surface area contributed by atoms with Crippen molar-refractivity contribution in [1.82, 2.24) is 4.90 Å². The van der Waals surface area contributed by atoms with E-state index in [1.807, 2.05) is 24.3 Å². The first-order valence-electron chi connectivity index (χ1n) is 12.1. The molecule has 3 aromatic rings. The third-order valence-corrected chi connectivity index (χ3v) is 6.15. The Kier molecular flexibility index (Phi) is 7.81. The van der Waals surface area contributed by atoms with Crippen LogP contribution in [0.1, 0.15) is 36.0 Å². The molecule has 1 aliphatic rings. The highest BCUT2D eigenvalue weighted by Gasteiger charge is 2.16. The number of nitrogens with one attached hydrogen (secondary N) is 1. The molecule has 0 bridgehead atoms. The fraction of sp³-hybridized carbons (Fsp3) is 0.300. The lowest BCUT2D eigenvalue weighted by Gasteiger charge is -2.12. The minimum atomic E-state index is -0.0432. The van der Waals surface area contributed by atoms with Gasteiger partial charge in [0.2, 0.25) is 0 Å². The average Bonchev–Trinajstić information content (AvgIpc) is 3.04. The number of carbonyl (C=O) groups excluding carboxylic acids is 1. The second kappa shape index (κ2) is 11.2. The lowest BCUT2D eigenvalue weighted by molar-refractivity contribution is -0.112. The monoisotopic (exact) mass is 454 g/mol. The number of amides is 1. The fourth-order valence-corrected chi connectivity index (χ4v) is 4.24. The van der Waals surface area contributed by atoms with Crippen molar-refractivity contribution in [2.24, 2.45) is 0 Å². The van der Waals surface area contributed by atoms with Crippen LogP contribution >= 0.6 is 0 Å². The highest BCUT2D eigenvalue weighted by Crippen LogP contribution is 2.29. The number of aryl methyl sites for hydroxylation is 2. The molecule has 0 aliphatic heterocycles. The molecule has 1 N–H and O–H groups in total. The Labute approximate surface area is 203 Å². The summed E-state index contributed by atoms with van der Waals surface area (Å²) in [6.07, 6.45) is 5.73. The molecule has 0 heterocycles. The van der Waals surface area contributed by atoms with E-state index in [1.54, 1.807) is 0 Å². The van der Waals surface area contributed by atoms with Gasteiger partial charge in [0.15, 0.2) is 0 Å². The smallest absolute Gasteiger partial charge is 0.251 e. The summed E-state index contributed by atoms with van der Waals surface area (Å²) in [6, 6.07) is 22.8. The normalized spacial score (nSPS) is 13.1. The van der Waals surface area contributed by atoms with E-state index in [2.05, 4.69) is 79.8 Å². The molecule has 0 fully saturated rings. The van der Waals surface area contributed by atoms with Gasteiger partial charge in [0.05, 0.1) is 6.61 Å². The van der Waals surface area contributed by atoms with Crippen LogP contribution in [0, 0.1) is 6.92 Å². The topological polar surface area (TPSA) is 41.6 Å². The molecule has 0 saturated carbocycles. The van der Waals surface area contributed by atoms with Gasteiger partial charge in [-0.05, 0) is 93.2 Å². The predicted molar refractivity (Wildman–Crippen MR) is 141 cm³/mol.